The van der Waals surface area contributed by atoms with Gasteiger partial charge >= 0.3 is 0 Å². The molecule has 2 rings (SSSR count). The van der Waals surface area contributed by atoms with Crippen molar-refractivity contribution in [1.82, 2.24) is 10.3 Å². The zero-order chi connectivity index (χ0) is 13.8. The van der Waals surface area contributed by atoms with Crippen LogP contribution < -0.4 is 5.32 Å². The van der Waals surface area contributed by atoms with Crippen molar-refractivity contribution in [1.29, 1.82) is 0 Å². The topological polar surface area (TPSA) is 24.9 Å². The average Bonchev–Trinajstić information content (AvgIpc) is 2.44. The molecule has 0 amide bonds. The lowest BCUT2D eigenvalue weighted by atomic mass is 9.97. The van der Waals surface area contributed by atoms with Crippen LogP contribution in [0, 0.1) is 12.7 Å². The SMILES string of the molecule is CCc1cccnc1C(NC)c1ccc(C)c(F)c1. The van der Waals surface area contributed by atoms with Crippen molar-refractivity contribution in [2.45, 2.75) is 26.3 Å². The summed E-state index contributed by atoms with van der Waals surface area (Å²) in [5, 5.41) is 3.23. The minimum Gasteiger partial charge on any atom is -0.308 e. The number of hydrogen-bond acceptors (Lipinski definition) is 2. The van der Waals surface area contributed by atoms with Crippen molar-refractivity contribution < 1.29 is 4.39 Å². The van der Waals surface area contributed by atoms with Crippen LogP contribution in [0.15, 0.2) is 36.5 Å². The van der Waals surface area contributed by atoms with Crippen LogP contribution in [0.5, 0.6) is 0 Å². The van der Waals surface area contributed by atoms with Gasteiger partial charge in [-0.05, 0) is 49.2 Å². The number of rotatable bonds is 4. The van der Waals surface area contributed by atoms with E-state index in [9.17, 15) is 4.39 Å². The molecule has 0 fully saturated rings. The maximum Gasteiger partial charge on any atom is 0.126 e. The largest absolute Gasteiger partial charge is 0.308 e. The van der Waals surface area contributed by atoms with Gasteiger partial charge in [0.2, 0.25) is 0 Å². The summed E-state index contributed by atoms with van der Waals surface area (Å²) in [6.45, 7) is 3.87. The molecular weight excluding hydrogens is 239 g/mol. The first kappa shape index (κ1) is 13.7. The fourth-order valence-corrected chi connectivity index (χ4v) is 2.26. The Balaban J connectivity index is 2.46. The van der Waals surface area contributed by atoms with Gasteiger partial charge in [-0.1, -0.05) is 25.1 Å². The second-order valence-electron chi connectivity index (χ2n) is 4.63. The number of nitrogens with one attached hydrogen (secondary N) is 1. The lowest BCUT2D eigenvalue weighted by molar-refractivity contribution is 0.604. The summed E-state index contributed by atoms with van der Waals surface area (Å²) < 4.78 is 13.7. The maximum absolute atomic E-state index is 13.7. The Hall–Kier alpha value is -1.74. The molecule has 19 heavy (non-hydrogen) atoms. The number of nitrogens with zero attached hydrogens (tertiary/aromatic N) is 1. The third-order valence-electron chi connectivity index (χ3n) is 3.40. The molecule has 3 heteroatoms. The number of benzene rings is 1. The predicted molar refractivity (Wildman–Crippen MR) is 75.7 cm³/mol. The fraction of sp³-hybridized carbons (Fsp3) is 0.312. The Morgan fingerprint density at radius 2 is 2.11 bits per heavy atom. The van der Waals surface area contributed by atoms with Gasteiger partial charge in [-0.25, -0.2) is 4.39 Å². The summed E-state index contributed by atoms with van der Waals surface area (Å²) in [6.07, 6.45) is 2.69. The normalized spacial score (nSPS) is 12.4. The average molecular weight is 258 g/mol. The highest BCUT2D eigenvalue weighted by Crippen LogP contribution is 2.24. The first-order chi connectivity index (χ1) is 9.17. The van der Waals surface area contributed by atoms with Crippen molar-refractivity contribution >= 4 is 0 Å². The number of aryl methyl sites for hydroxylation is 2. The molecule has 0 saturated carbocycles. The first-order valence-corrected chi connectivity index (χ1v) is 6.54. The monoisotopic (exact) mass is 258 g/mol. The third-order valence-corrected chi connectivity index (χ3v) is 3.40. The van der Waals surface area contributed by atoms with E-state index in [-0.39, 0.29) is 11.9 Å². The highest BCUT2D eigenvalue weighted by molar-refractivity contribution is 5.34. The van der Waals surface area contributed by atoms with Gasteiger partial charge in [0, 0.05) is 6.20 Å². The van der Waals surface area contributed by atoms with E-state index < -0.39 is 0 Å². The van der Waals surface area contributed by atoms with Gasteiger partial charge in [-0.2, -0.15) is 0 Å². The van der Waals surface area contributed by atoms with Crippen LogP contribution in [0.3, 0.4) is 0 Å². The standard InChI is InChI=1S/C16H19FN2/c1-4-12-6-5-9-19-16(12)15(18-3)13-8-7-11(2)14(17)10-13/h5-10,15,18H,4H2,1-3H3. The summed E-state index contributed by atoms with van der Waals surface area (Å²) in [5.74, 6) is -0.174. The van der Waals surface area contributed by atoms with Gasteiger partial charge in [-0.15, -0.1) is 0 Å². The molecule has 0 bridgehead atoms. The Morgan fingerprint density at radius 3 is 2.74 bits per heavy atom. The molecule has 1 aromatic heterocycles. The highest BCUT2D eigenvalue weighted by Gasteiger charge is 2.17. The second-order valence-corrected chi connectivity index (χ2v) is 4.63. The molecule has 1 unspecified atom stereocenters. The van der Waals surface area contributed by atoms with Gasteiger partial charge < -0.3 is 5.32 Å². The fourth-order valence-electron chi connectivity index (χ4n) is 2.26. The van der Waals surface area contributed by atoms with Crippen LogP contribution in [0.4, 0.5) is 4.39 Å². The van der Waals surface area contributed by atoms with Crippen molar-refractivity contribution in [3.05, 3.63) is 64.7 Å². The lowest BCUT2D eigenvalue weighted by Gasteiger charge is -2.19. The molecule has 0 aliphatic rings. The molecular formula is C16H19FN2. The van der Waals surface area contributed by atoms with E-state index >= 15 is 0 Å². The van der Waals surface area contributed by atoms with Gasteiger partial charge in [-0.3, -0.25) is 4.98 Å². The Kier molecular flexibility index (Phi) is 4.27. The van der Waals surface area contributed by atoms with Crippen LogP contribution >= 0.6 is 0 Å². The smallest absolute Gasteiger partial charge is 0.126 e. The molecule has 0 aliphatic heterocycles. The van der Waals surface area contributed by atoms with Gasteiger partial charge in [0.25, 0.3) is 0 Å². The minimum absolute atomic E-state index is 0.0775. The Bertz CT molecular complexity index is 566. The van der Waals surface area contributed by atoms with E-state index in [0.717, 1.165) is 17.7 Å². The van der Waals surface area contributed by atoms with E-state index in [0.29, 0.717) is 5.56 Å². The molecule has 0 spiro atoms. The van der Waals surface area contributed by atoms with E-state index in [1.54, 1.807) is 19.2 Å². The minimum atomic E-state index is -0.174. The first-order valence-electron chi connectivity index (χ1n) is 6.54. The van der Waals surface area contributed by atoms with Gasteiger partial charge in [0.05, 0.1) is 11.7 Å². The third kappa shape index (κ3) is 2.82. The summed E-state index contributed by atoms with van der Waals surface area (Å²) in [4.78, 5) is 4.46. The number of aromatic nitrogens is 1. The quantitative estimate of drug-likeness (QED) is 0.909. The predicted octanol–water partition coefficient (Wildman–Crippen LogP) is 3.40. The molecule has 100 valence electrons. The lowest BCUT2D eigenvalue weighted by Crippen LogP contribution is -2.20. The molecule has 1 atom stereocenters. The Labute approximate surface area is 113 Å². The van der Waals surface area contributed by atoms with Crippen LogP contribution in [-0.2, 0) is 6.42 Å². The molecule has 1 heterocycles. The van der Waals surface area contributed by atoms with E-state index in [2.05, 4.69) is 23.3 Å². The van der Waals surface area contributed by atoms with Crippen molar-refractivity contribution in [3.8, 4) is 0 Å². The molecule has 2 aromatic rings. The van der Waals surface area contributed by atoms with Crippen molar-refractivity contribution in [2.24, 2.45) is 0 Å². The van der Waals surface area contributed by atoms with E-state index in [4.69, 9.17) is 0 Å². The van der Waals surface area contributed by atoms with Crippen LogP contribution in [-0.4, -0.2) is 12.0 Å². The summed E-state index contributed by atoms with van der Waals surface area (Å²) in [6, 6.07) is 9.27. The maximum atomic E-state index is 13.7. The van der Waals surface area contributed by atoms with Crippen molar-refractivity contribution in [2.75, 3.05) is 7.05 Å². The van der Waals surface area contributed by atoms with E-state index in [1.807, 2.05) is 25.2 Å². The second kappa shape index (κ2) is 5.93. The molecule has 2 nitrogen and oxygen atoms in total. The van der Waals surface area contributed by atoms with Gasteiger partial charge in [0.1, 0.15) is 5.82 Å². The molecule has 0 aliphatic carbocycles. The van der Waals surface area contributed by atoms with E-state index in [1.165, 1.54) is 5.56 Å². The van der Waals surface area contributed by atoms with Crippen LogP contribution in [0.1, 0.15) is 35.3 Å². The molecule has 1 aromatic carbocycles. The van der Waals surface area contributed by atoms with Crippen LogP contribution in [0.25, 0.3) is 0 Å². The number of hydrogen-bond donors (Lipinski definition) is 1. The number of halogens is 1. The summed E-state index contributed by atoms with van der Waals surface area (Å²) in [5.41, 5.74) is 3.72. The highest BCUT2D eigenvalue weighted by atomic mass is 19.1. The molecule has 1 N–H and O–H groups in total. The van der Waals surface area contributed by atoms with Crippen molar-refractivity contribution in [3.63, 3.8) is 0 Å². The molecule has 0 saturated heterocycles. The summed E-state index contributed by atoms with van der Waals surface area (Å²) >= 11 is 0. The van der Waals surface area contributed by atoms with Crippen LogP contribution in [0.2, 0.25) is 0 Å². The Morgan fingerprint density at radius 1 is 1.32 bits per heavy atom. The zero-order valence-corrected chi connectivity index (χ0v) is 11.6. The summed E-state index contributed by atoms with van der Waals surface area (Å²) in [7, 11) is 1.87. The zero-order valence-electron chi connectivity index (χ0n) is 11.6. The van der Waals surface area contributed by atoms with Gasteiger partial charge in [0.15, 0.2) is 0 Å². The number of pyridine rings is 1. The molecule has 0 radical (unpaired) electrons.